The van der Waals surface area contributed by atoms with Gasteiger partial charge < -0.3 is 15.7 Å². The number of benzene rings is 2. The number of carbonyl (C=O) groups excluding carboxylic acids is 2. The van der Waals surface area contributed by atoms with Crippen molar-refractivity contribution < 1.29 is 19.5 Å². The molecule has 0 fully saturated rings. The molecule has 0 saturated heterocycles. The molecule has 2 rings (SSSR count). The summed E-state index contributed by atoms with van der Waals surface area (Å²) in [6.07, 6.45) is 0.445. The molecule has 0 atom stereocenters. The number of anilines is 1. The zero-order valence-electron chi connectivity index (χ0n) is 14.8. The Hall–Kier alpha value is -3.15. The van der Waals surface area contributed by atoms with E-state index in [2.05, 4.69) is 10.6 Å². The van der Waals surface area contributed by atoms with Crippen LogP contribution >= 0.6 is 0 Å². The second kappa shape index (κ2) is 8.80. The first kappa shape index (κ1) is 19.2. The molecule has 6 nitrogen and oxygen atoms in total. The molecule has 0 aliphatic carbocycles. The predicted molar refractivity (Wildman–Crippen MR) is 99.1 cm³/mol. The molecule has 0 aromatic heterocycles. The van der Waals surface area contributed by atoms with E-state index in [1.165, 1.54) is 18.2 Å². The first-order valence-corrected chi connectivity index (χ1v) is 8.35. The van der Waals surface area contributed by atoms with Gasteiger partial charge in [-0.3, -0.25) is 9.59 Å². The van der Waals surface area contributed by atoms with Gasteiger partial charge in [0.2, 0.25) is 5.91 Å². The Morgan fingerprint density at radius 1 is 1.00 bits per heavy atom. The predicted octanol–water partition coefficient (Wildman–Crippen LogP) is 3.30. The number of hydrogen-bond donors (Lipinski definition) is 3. The van der Waals surface area contributed by atoms with E-state index in [0.29, 0.717) is 12.1 Å². The summed E-state index contributed by atoms with van der Waals surface area (Å²) in [7, 11) is 0. The highest BCUT2D eigenvalue weighted by Crippen LogP contribution is 2.13. The molecule has 0 bridgehead atoms. The zero-order chi connectivity index (χ0) is 19.1. The summed E-state index contributed by atoms with van der Waals surface area (Å²) < 4.78 is 0. The van der Waals surface area contributed by atoms with Crippen LogP contribution in [0.2, 0.25) is 0 Å². The molecule has 0 heterocycles. The van der Waals surface area contributed by atoms with E-state index < -0.39 is 5.97 Å². The molecule has 136 valence electrons. The summed E-state index contributed by atoms with van der Waals surface area (Å²) in [4.78, 5) is 35.0. The Balaban J connectivity index is 1.98. The smallest absolute Gasteiger partial charge is 0.335 e. The highest BCUT2D eigenvalue weighted by molar-refractivity contribution is 5.97. The molecule has 3 N–H and O–H groups in total. The lowest BCUT2D eigenvalue weighted by molar-refractivity contribution is -0.116. The number of amides is 2. The number of hydrogen-bond acceptors (Lipinski definition) is 3. The van der Waals surface area contributed by atoms with Crippen LogP contribution in [-0.2, 0) is 11.3 Å². The van der Waals surface area contributed by atoms with Crippen LogP contribution in [0.3, 0.4) is 0 Å². The van der Waals surface area contributed by atoms with E-state index in [9.17, 15) is 14.4 Å². The minimum Gasteiger partial charge on any atom is -0.478 e. The number of rotatable bonds is 7. The molecule has 0 saturated carbocycles. The first-order valence-electron chi connectivity index (χ1n) is 8.35. The maximum Gasteiger partial charge on any atom is 0.335 e. The van der Waals surface area contributed by atoms with Crippen molar-refractivity contribution in [3.8, 4) is 0 Å². The standard InChI is InChI=1S/C20H22N2O4/c1-13(2)9-18(23)22-17-8-3-5-14(10-17)12-21-19(24)15-6-4-7-16(11-15)20(25)26/h3-8,10-11,13H,9,12H2,1-2H3,(H,21,24)(H,22,23)(H,25,26). The molecule has 0 spiro atoms. The van der Waals surface area contributed by atoms with Gasteiger partial charge in [0.05, 0.1) is 5.56 Å². The third-order valence-corrected chi connectivity index (χ3v) is 3.63. The number of aromatic carboxylic acids is 1. The molecule has 2 aromatic carbocycles. The monoisotopic (exact) mass is 354 g/mol. The third-order valence-electron chi connectivity index (χ3n) is 3.63. The minimum atomic E-state index is -1.08. The number of carboxylic acid groups (broad SMARTS) is 1. The summed E-state index contributed by atoms with van der Waals surface area (Å²) in [5.74, 6) is -1.21. The molecule has 2 amide bonds. The van der Waals surface area contributed by atoms with E-state index >= 15 is 0 Å². The van der Waals surface area contributed by atoms with Gasteiger partial charge >= 0.3 is 5.97 Å². The quantitative estimate of drug-likeness (QED) is 0.711. The van der Waals surface area contributed by atoms with Crippen LogP contribution in [0.4, 0.5) is 5.69 Å². The SMILES string of the molecule is CC(C)CC(=O)Nc1cccc(CNC(=O)c2cccc(C(=O)O)c2)c1. The molecular weight excluding hydrogens is 332 g/mol. The molecular formula is C20H22N2O4. The van der Waals surface area contributed by atoms with Crippen LogP contribution in [-0.4, -0.2) is 22.9 Å². The topological polar surface area (TPSA) is 95.5 Å². The zero-order valence-corrected chi connectivity index (χ0v) is 14.8. The van der Waals surface area contributed by atoms with Crippen LogP contribution in [0.15, 0.2) is 48.5 Å². The van der Waals surface area contributed by atoms with Gasteiger partial charge in [-0.15, -0.1) is 0 Å². The van der Waals surface area contributed by atoms with Crippen LogP contribution in [0.25, 0.3) is 0 Å². The highest BCUT2D eigenvalue weighted by atomic mass is 16.4. The maximum atomic E-state index is 12.2. The molecule has 0 radical (unpaired) electrons. The molecule has 0 aliphatic rings. The van der Waals surface area contributed by atoms with Crippen LogP contribution in [0, 0.1) is 5.92 Å². The summed E-state index contributed by atoms with van der Waals surface area (Å²) >= 11 is 0. The van der Waals surface area contributed by atoms with E-state index in [4.69, 9.17) is 5.11 Å². The van der Waals surface area contributed by atoms with E-state index in [-0.39, 0.29) is 35.4 Å². The second-order valence-electron chi connectivity index (χ2n) is 6.42. The van der Waals surface area contributed by atoms with Gasteiger partial charge in [0.1, 0.15) is 0 Å². The van der Waals surface area contributed by atoms with Crippen LogP contribution in [0.5, 0.6) is 0 Å². The van der Waals surface area contributed by atoms with Gasteiger partial charge in [-0.25, -0.2) is 4.79 Å². The fraction of sp³-hybridized carbons (Fsp3) is 0.250. The summed E-state index contributed by atoms with van der Waals surface area (Å²) in [5.41, 5.74) is 1.85. The van der Waals surface area contributed by atoms with Crippen LogP contribution < -0.4 is 10.6 Å². The summed E-state index contributed by atoms with van der Waals surface area (Å²) in [6.45, 7) is 4.22. The Kier molecular flexibility index (Phi) is 6.49. The van der Waals surface area contributed by atoms with Crippen molar-refractivity contribution in [2.24, 2.45) is 5.92 Å². The summed E-state index contributed by atoms with van der Waals surface area (Å²) in [5, 5.41) is 14.6. The van der Waals surface area contributed by atoms with E-state index in [1.807, 2.05) is 19.9 Å². The van der Waals surface area contributed by atoms with Crippen LogP contribution in [0.1, 0.15) is 46.5 Å². The second-order valence-corrected chi connectivity index (χ2v) is 6.42. The van der Waals surface area contributed by atoms with Crippen molar-refractivity contribution in [3.63, 3.8) is 0 Å². The van der Waals surface area contributed by atoms with Gasteiger partial charge in [0.15, 0.2) is 0 Å². The van der Waals surface area contributed by atoms with Gasteiger partial charge in [0, 0.05) is 24.2 Å². The van der Waals surface area contributed by atoms with Crippen molar-refractivity contribution >= 4 is 23.5 Å². The highest BCUT2D eigenvalue weighted by Gasteiger charge is 2.10. The normalized spacial score (nSPS) is 10.4. The van der Waals surface area contributed by atoms with E-state index in [0.717, 1.165) is 5.56 Å². The van der Waals surface area contributed by atoms with E-state index in [1.54, 1.807) is 24.3 Å². The number of carbonyl (C=O) groups is 3. The fourth-order valence-corrected chi connectivity index (χ4v) is 2.42. The van der Waals surface area contributed by atoms with Crippen molar-refractivity contribution in [1.82, 2.24) is 5.32 Å². The lowest BCUT2D eigenvalue weighted by Gasteiger charge is -2.10. The largest absolute Gasteiger partial charge is 0.478 e. The average molecular weight is 354 g/mol. The van der Waals surface area contributed by atoms with Gasteiger partial charge in [-0.2, -0.15) is 0 Å². The Morgan fingerprint density at radius 2 is 1.69 bits per heavy atom. The van der Waals surface area contributed by atoms with Crippen molar-refractivity contribution in [1.29, 1.82) is 0 Å². The lowest BCUT2D eigenvalue weighted by Crippen LogP contribution is -2.23. The van der Waals surface area contributed by atoms with Crippen molar-refractivity contribution in [2.45, 2.75) is 26.8 Å². The molecule has 0 aliphatic heterocycles. The number of nitrogens with one attached hydrogen (secondary N) is 2. The van der Waals surface area contributed by atoms with Crippen molar-refractivity contribution in [2.75, 3.05) is 5.32 Å². The lowest BCUT2D eigenvalue weighted by atomic mass is 10.1. The molecule has 2 aromatic rings. The third kappa shape index (κ3) is 5.73. The molecule has 0 unspecified atom stereocenters. The molecule has 6 heteroatoms. The Bertz CT molecular complexity index is 815. The minimum absolute atomic E-state index is 0.0494. The maximum absolute atomic E-state index is 12.2. The molecule has 26 heavy (non-hydrogen) atoms. The Labute approximate surface area is 152 Å². The van der Waals surface area contributed by atoms with Crippen molar-refractivity contribution in [3.05, 3.63) is 65.2 Å². The van der Waals surface area contributed by atoms with Gasteiger partial charge in [-0.1, -0.05) is 32.0 Å². The fourth-order valence-electron chi connectivity index (χ4n) is 2.42. The summed E-state index contributed by atoms with van der Waals surface area (Å²) in [6, 6.07) is 13.1. The number of carboxylic acids is 1. The first-order chi connectivity index (χ1) is 12.3. The average Bonchev–Trinajstić information content (AvgIpc) is 2.59. The van der Waals surface area contributed by atoms with Gasteiger partial charge in [-0.05, 0) is 41.8 Å². The Morgan fingerprint density at radius 3 is 2.38 bits per heavy atom. The van der Waals surface area contributed by atoms with Gasteiger partial charge in [0.25, 0.3) is 5.91 Å².